The molecule has 1 unspecified atom stereocenters. The van der Waals surface area contributed by atoms with Gasteiger partial charge in [0.15, 0.2) is 0 Å². The first-order chi connectivity index (χ1) is 12.0. The van der Waals surface area contributed by atoms with Gasteiger partial charge in [0, 0.05) is 31.2 Å². The zero-order chi connectivity index (χ0) is 17.8. The zero-order valence-electron chi connectivity index (χ0n) is 14.8. The van der Waals surface area contributed by atoms with Gasteiger partial charge >= 0.3 is 0 Å². The highest BCUT2D eigenvalue weighted by atomic mass is 35.5. The molecule has 1 aliphatic rings. The average Bonchev–Trinajstić information content (AvgIpc) is 3.05. The maximum atomic E-state index is 12.1. The third-order valence-electron chi connectivity index (χ3n) is 4.67. The lowest BCUT2D eigenvalue weighted by molar-refractivity contribution is -0.130. The van der Waals surface area contributed by atoms with E-state index in [0.717, 1.165) is 42.2 Å². The van der Waals surface area contributed by atoms with Crippen LogP contribution in [0.5, 0.6) is 0 Å². The Hall–Kier alpha value is -1.91. The summed E-state index contributed by atoms with van der Waals surface area (Å²) in [5.41, 5.74) is 3.31. The van der Waals surface area contributed by atoms with Gasteiger partial charge in [0.05, 0.1) is 18.3 Å². The van der Waals surface area contributed by atoms with Crippen LogP contribution in [0.3, 0.4) is 0 Å². The SMILES string of the molecule is CN(C)C(=O)CN1CCCC1c1cccc(Cc2ccc(Cl)cc2)n1. The number of nitrogens with zero attached hydrogens (tertiary/aromatic N) is 3. The van der Waals surface area contributed by atoms with Gasteiger partial charge in [0.2, 0.25) is 5.91 Å². The first kappa shape index (κ1) is 17.9. The molecule has 1 aliphatic heterocycles. The lowest BCUT2D eigenvalue weighted by Crippen LogP contribution is -2.36. The van der Waals surface area contributed by atoms with E-state index < -0.39 is 0 Å². The molecule has 1 saturated heterocycles. The van der Waals surface area contributed by atoms with Gasteiger partial charge in [-0.15, -0.1) is 0 Å². The fraction of sp³-hybridized carbons (Fsp3) is 0.400. The second-order valence-corrected chi connectivity index (χ2v) is 7.21. The smallest absolute Gasteiger partial charge is 0.236 e. The van der Waals surface area contributed by atoms with Crippen LogP contribution in [0, 0.1) is 0 Å². The van der Waals surface area contributed by atoms with E-state index in [9.17, 15) is 4.79 Å². The minimum Gasteiger partial charge on any atom is -0.348 e. The highest BCUT2D eigenvalue weighted by Crippen LogP contribution is 2.30. The van der Waals surface area contributed by atoms with Gasteiger partial charge < -0.3 is 4.90 Å². The summed E-state index contributed by atoms with van der Waals surface area (Å²) in [5.74, 6) is 0.143. The van der Waals surface area contributed by atoms with E-state index in [1.54, 1.807) is 19.0 Å². The molecule has 3 rings (SSSR count). The molecule has 132 valence electrons. The fourth-order valence-corrected chi connectivity index (χ4v) is 3.39. The minimum absolute atomic E-state index is 0.143. The quantitative estimate of drug-likeness (QED) is 0.821. The third-order valence-corrected chi connectivity index (χ3v) is 4.92. The zero-order valence-corrected chi connectivity index (χ0v) is 15.5. The molecular weight excluding hydrogens is 334 g/mol. The van der Waals surface area contributed by atoms with Gasteiger partial charge in [-0.1, -0.05) is 29.8 Å². The highest BCUT2D eigenvalue weighted by molar-refractivity contribution is 6.30. The molecular formula is C20H24ClN3O. The molecule has 25 heavy (non-hydrogen) atoms. The van der Waals surface area contributed by atoms with Crippen LogP contribution in [0.2, 0.25) is 5.02 Å². The van der Waals surface area contributed by atoms with Crippen molar-refractivity contribution in [1.82, 2.24) is 14.8 Å². The summed E-state index contributed by atoms with van der Waals surface area (Å²) >= 11 is 5.95. The van der Waals surface area contributed by atoms with Gasteiger partial charge in [0.25, 0.3) is 0 Å². The van der Waals surface area contributed by atoms with Crippen LogP contribution in [0.25, 0.3) is 0 Å². The van der Waals surface area contributed by atoms with E-state index in [1.807, 2.05) is 24.3 Å². The standard InChI is InChI=1S/C20H24ClN3O/c1-23(2)20(25)14-24-12-4-7-19(24)18-6-3-5-17(22-18)13-15-8-10-16(21)11-9-15/h3,5-6,8-11,19H,4,7,12-14H2,1-2H3. The molecule has 0 radical (unpaired) electrons. The third kappa shape index (κ3) is 4.59. The molecule has 2 heterocycles. The second kappa shape index (κ2) is 7.98. The number of carbonyl (C=O) groups is 1. The molecule has 2 aromatic rings. The van der Waals surface area contributed by atoms with E-state index in [2.05, 4.69) is 23.1 Å². The van der Waals surface area contributed by atoms with Crippen LogP contribution in [0.4, 0.5) is 0 Å². The number of likely N-dealkylation sites (N-methyl/N-ethyl adjacent to an activating group) is 1. The molecule has 1 amide bonds. The van der Waals surface area contributed by atoms with Crippen molar-refractivity contribution in [1.29, 1.82) is 0 Å². The number of benzene rings is 1. The summed E-state index contributed by atoms with van der Waals surface area (Å²) in [6, 6.07) is 14.3. The largest absolute Gasteiger partial charge is 0.348 e. The number of likely N-dealkylation sites (tertiary alicyclic amines) is 1. The maximum Gasteiger partial charge on any atom is 0.236 e. The normalized spacial score (nSPS) is 17.6. The van der Waals surface area contributed by atoms with Crippen LogP contribution in [-0.2, 0) is 11.2 Å². The Bertz CT molecular complexity index is 730. The Morgan fingerprint density at radius 2 is 2.00 bits per heavy atom. The molecule has 0 N–H and O–H groups in total. The van der Waals surface area contributed by atoms with Crippen molar-refractivity contribution in [3.8, 4) is 0 Å². The first-order valence-corrected chi connectivity index (χ1v) is 9.05. The van der Waals surface area contributed by atoms with Gasteiger partial charge in [-0.25, -0.2) is 0 Å². The Morgan fingerprint density at radius 3 is 2.72 bits per heavy atom. The topological polar surface area (TPSA) is 36.4 Å². The number of hydrogen-bond acceptors (Lipinski definition) is 3. The lowest BCUT2D eigenvalue weighted by atomic mass is 10.1. The number of pyridine rings is 1. The van der Waals surface area contributed by atoms with Gasteiger partial charge in [-0.3, -0.25) is 14.7 Å². The van der Waals surface area contributed by atoms with Crippen LogP contribution >= 0.6 is 11.6 Å². The predicted molar refractivity (Wildman–Crippen MR) is 101 cm³/mol. The first-order valence-electron chi connectivity index (χ1n) is 8.67. The van der Waals surface area contributed by atoms with Crippen LogP contribution < -0.4 is 0 Å². The van der Waals surface area contributed by atoms with Crippen molar-refractivity contribution in [3.63, 3.8) is 0 Å². The Morgan fingerprint density at radius 1 is 1.24 bits per heavy atom. The average molecular weight is 358 g/mol. The van der Waals surface area contributed by atoms with Gasteiger partial charge in [-0.05, 0) is 49.2 Å². The summed E-state index contributed by atoms with van der Waals surface area (Å²) in [6.07, 6.45) is 2.95. The predicted octanol–water partition coefficient (Wildman–Crippen LogP) is 3.55. The molecule has 0 aliphatic carbocycles. The summed E-state index contributed by atoms with van der Waals surface area (Å²) < 4.78 is 0. The maximum absolute atomic E-state index is 12.1. The van der Waals surface area contributed by atoms with Crippen molar-refractivity contribution in [2.75, 3.05) is 27.2 Å². The number of carbonyl (C=O) groups excluding carboxylic acids is 1. The van der Waals surface area contributed by atoms with Crippen LogP contribution in [-0.4, -0.2) is 47.9 Å². The summed E-state index contributed by atoms with van der Waals surface area (Å²) in [5, 5.41) is 0.748. The highest BCUT2D eigenvalue weighted by Gasteiger charge is 2.29. The van der Waals surface area contributed by atoms with Crippen molar-refractivity contribution in [3.05, 3.63) is 64.4 Å². The number of hydrogen-bond donors (Lipinski definition) is 0. The number of amides is 1. The van der Waals surface area contributed by atoms with Gasteiger partial charge in [-0.2, -0.15) is 0 Å². The van der Waals surface area contributed by atoms with Crippen LogP contribution in [0.15, 0.2) is 42.5 Å². The fourth-order valence-electron chi connectivity index (χ4n) is 3.26. The molecule has 1 aromatic carbocycles. The Kier molecular flexibility index (Phi) is 5.71. The molecule has 4 nitrogen and oxygen atoms in total. The van der Waals surface area contributed by atoms with E-state index in [1.165, 1.54) is 5.56 Å². The molecule has 1 aromatic heterocycles. The van der Waals surface area contributed by atoms with Crippen molar-refractivity contribution in [2.24, 2.45) is 0 Å². The summed E-state index contributed by atoms with van der Waals surface area (Å²) in [4.78, 5) is 20.8. The van der Waals surface area contributed by atoms with Crippen molar-refractivity contribution >= 4 is 17.5 Å². The molecule has 1 atom stereocenters. The number of aromatic nitrogens is 1. The Balaban J connectivity index is 1.73. The van der Waals surface area contributed by atoms with Crippen molar-refractivity contribution in [2.45, 2.75) is 25.3 Å². The summed E-state index contributed by atoms with van der Waals surface area (Å²) in [7, 11) is 3.61. The van der Waals surface area contributed by atoms with Crippen LogP contribution in [0.1, 0.15) is 35.8 Å². The number of rotatable bonds is 5. The van der Waals surface area contributed by atoms with E-state index in [-0.39, 0.29) is 11.9 Å². The molecule has 5 heteroatoms. The van der Waals surface area contributed by atoms with E-state index in [4.69, 9.17) is 16.6 Å². The molecule has 0 spiro atoms. The molecule has 0 bridgehead atoms. The minimum atomic E-state index is 0.143. The second-order valence-electron chi connectivity index (χ2n) is 6.77. The monoisotopic (exact) mass is 357 g/mol. The van der Waals surface area contributed by atoms with Gasteiger partial charge in [0.1, 0.15) is 0 Å². The van der Waals surface area contributed by atoms with E-state index in [0.29, 0.717) is 6.54 Å². The molecule has 1 fully saturated rings. The lowest BCUT2D eigenvalue weighted by Gasteiger charge is -2.25. The van der Waals surface area contributed by atoms with E-state index >= 15 is 0 Å². The Labute approximate surface area is 154 Å². The summed E-state index contributed by atoms with van der Waals surface area (Å²) in [6.45, 7) is 1.41. The number of halogens is 1. The van der Waals surface area contributed by atoms with Crippen molar-refractivity contribution < 1.29 is 4.79 Å². The molecule has 0 saturated carbocycles.